The van der Waals surface area contributed by atoms with Crippen molar-refractivity contribution in [3.05, 3.63) is 58.6 Å². The largest absolute Gasteiger partial charge is 0.490 e. The number of aliphatic hydroxyl groups excluding tert-OH is 1. The third-order valence-corrected chi connectivity index (χ3v) is 3.88. The van der Waals surface area contributed by atoms with Crippen molar-refractivity contribution in [1.29, 1.82) is 0 Å². The summed E-state index contributed by atoms with van der Waals surface area (Å²) in [6.07, 6.45) is 0. The average molecular weight is 318 g/mol. The molecule has 0 saturated heterocycles. The molecule has 22 heavy (non-hydrogen) atoms. The van der Waals surface area contributed by atoms with E-state index in [0.717, 1.165) is 23.5 Å². The van der Waals surface area contributed by atoms with Gasteiger partial charge in [0.2, 0.25) is 0 Å². The fourth-order valence-electron chi connectivity index (χ4n) is 2.56. The summed E-state index contributed by atoms with van der Waals surface area (Å²) in [6, 6.07) is 12.9. The van der Waals surface area contributed by atoms with Gasteiger partial charge in [0.05, 0.1) is 12.2 Å². The topological polar surface area (TPSA) is 49.8 Å². The lowest BCUT2D eigenvalue weighted by Crippen LogP contribution is -2.32. The van der Waals surface area contributed by atoms with Gasteiger partial charge in [0.1, 0.15) is 19.0 Å². The van der Waals surface area contributed by atoms with Gasteiger partial charge in [-0.15, -0.1) is 0 Å². The number of ether oxygens (including phenoxy) is 1. The molecule has 0 aliphatic carbocycles. The van der Waals surface area contributed by atoms with Gasteiger partial charge in [-0.2, -0.15) is 0 Å². The Morgan fingerprint density at radius 2 is 2.14 bits per heavy atom. The molecule has 4 nitrogen and oxygen atoms in total. The van der Waals surface area contributed by atoms with E-state index in [1.54, 1.807) is 18.2 Å². The number of ketones is 1. The fourth-order valence-corrected chi connectivity index (χ4v) is 2.77. The van der Waals surface area contributed by atoms with E-state index in [0.29, 0.717) is 23.7 Å². The van der Waals surface area contributed by atoms with E-state index < -0.39 is 6.61 Å². The van der Waals surface area contributed by atoms with Gasteiger partial charge in [0.15, 0.2) is 5.78 Å². The Morgan fingerprint density at radius 1 is 1.27 bits per heavy atom. The lowest BCUT2D eigenvalue weighted by molar-refractivity contribution is 0.0903. The first-order valence-electron chi connectivity index (χ1n) is 7.07. The Labute approximate surface area is 133 Å². The molecule has 1 heterocycles. The van der Waals surface area contributed by atoms with Crippen LogP contribution >= 0.6 is 11.6 Å². The van der Waals surface area contributed by atoms with E-state index >= 15 is 0 Å². The minimum Gasteiger partial charge on any atom is -0.490 e. The van der Waals surface area contributed by atoms with Crippen molar-refractivity contribution >= 4 is 23.1 Å². The minimum absolute atomic E-state index is 0.295. The minimum atomic E-state index is -0.492. The molecule has 5 heteroatoms. The van der Waals surface area contributed by atoms with E-state index in [4.69, 9.17) is 21.4 Å². The molecule has 1 aliphatic rings. The van der Waals surface area contributed by atoms with Crippen LogP contribution in [-0.4, -0.2) is 30.6 Å². The molecule has 114 valence electrons. The third-order valence-electron chi connectivity index (χ3n) is 3.65. The maximum atomic E-state index is 11.7. The Balaban J connectivity index is 1.91. The number of halogens is 1. The van der Waals surface area contributed by atoms with Crippen molar-refractivity contribution in [2.45, 2.75) is 6.54 Å². The Hall–Kier alpha value is -2.04. The summed E-state index contributed by atoms with van der Waals surface area (Å²) in [5.74, 6) is 0.457. The SMILES string of the molecule is O=C(CO)c1ccc2c(c1)N(Cc1cccc(Cl)c1)CCO2. The summed E-state index contributed by atoms with van der Waals surface area (Å²) in [6.45, 7) is 1.53. The van der Waals surface area contributed by atoms with Gasteiger partial charge in [-0.05, 0) is 35.9 Å². The first-order valence-corrected chi connectivity index (χ1v) is 7.45. The predicted molar refractivity (Wildman–Crippen MR) is 85.9 cm³/mol. The highest BCUT2D eigenvalue weighted by molar-refractivity contribution is 6.30. The van der Waals surface area contributed by atoms with Gasteiger partial charge in [0.25, 0.3) is 0 Å². The maximum absolute atomic E-state index is 11.7. The summed E-state index contributed by atoms with van der Waals surface area (Å²) < 4.78 is 5.64. The van der Waals surface area contributed by atoms with Gasteiger partial charge < -0.3 is 14.7 Å². The molecule has 0 atom stereocenters. The molecule has 0 amide bonds. The van der Waals surface area contributed by atoms with Crippen LogP contribution < -0.4 is 9.64 Å². The lowest BCUT2D eigenvalue weighted by atomic mass is 10.1. The first kappa shape index (κ1) is 14.9. The number of Topliss-reactive ketones (excluding diaryl/α,β-unsaturated/α-hetero) is 1. The third kappa shape index (κ3) is 3.08. The van der Waals surface area contributed by atoms with Crippen LogP contribution in [0.2, 0.25) is 5.02 Å². The summed E-state index contributed by atoms with van der Waals surface area (Å²) in [5, 5.41) is 9.72. The second-order valence-electron chi connectivity index (χ2n) is 5.16. The number of anilines is 1. The first-order chi connectivity index (χ1) is 10.7. The van der Waals surface area contributed by atoms with E-state index in [2.05, 4.69) is 4.90 Å². The van der Waals surface area contributed by atoms with E-state index in [-0.39, 0.29) is 5.78 Å². The van der Waals surface area contributed by atoms with Gasteiger partial charge >= 0.3 is 0 Å². The number of carbonyl (C=O) groups excluding carboxylic acids is 1. The molecule has 0 radical (unpaired) electrons. The van der Waals surface area contributed by atoms with Crippen molar-refractivity contribution in [3.8, 4) is 5.75 Å². The predicted octanol–water partition coefficient (Wildman–Crippen LogP) is 2.91. The number of fused-ring (bicyclic) bond motifs is 1. The number of rotatable bonds is 4. The molecule has 1 N–H and O–H groups in total. The number of benzene rings is 2. The Kier molecular flexibility index (Phi) is 4.32. The van der Waals surface area contributed by atoms with Crippen LogP contribution in [0, 0.1) is 0 Å². The Morgan fingerprint density at radius 3 is 2.91 bits per heavy atom. The molecule has 3 rings (SSSR count). The monoisotopic (exact) mass is 317 g/mol. The molecule has 2 aromatic carbocycles. The van der Waals surface area contributed by atoms with Crippen LogP contribution in [0.3, 0.4) is 0 Å². The molecule has 0 saturated carbocycles. The molecule has 0 spiro atoms. The van der Waals surface area contributed by atoms with Crippen LogP contribution in [-0.2, 0) is 6.54 Å². The average Bonchev–Trinajstić information content (AvgIpc) is 2.54. The lowest BCUT2D eigenvalue weighted by Gasteiger charge is -2.31. The van der Waals surface area contributed by atoms with E-state index in [1.807, 2.05) is 24.3 Å². The number of nitrogens with zero attached hydrogens (tertiary/aromatic N) is 1. The van der Waals surface area contributed by atoms with Crippen LogP contribution in [0.1, 0.15) is 15.9 Å². The molecule has 0 aromatic heterocycles. The number of hydrogen-bond donors (Lipinski definition) is 1. The molecule has 1 aliphatic heterocycles. The van der Waals surface area contributed by atoms with Crippen molar-refractivity contribution in [2.24, 2.45) is 0 Å². The number of hydrogen-bond acceptors (Lipinski definition) is 4. The van der Waals surface area contributed by atoms with Gasteiger partial charge in [-0.1, -0.05) is 23.7 Å². The molecular formula is C17H16ClNO3. The molecule has 0 unspecified atom stereocenters. The van der Waals surface area contributed by atoms with Crippen molar-refractivity contribution in [1.82, 2.24) is 0 Å². The maximum Gasteiger partial charge on any atom is 0.188 e. The van der Waals surface area contributed by atoms with Crippen molar-refractivity contribution < 1.29 is 14.6 Å². The second-order valence-corrected chi connectivity index (χ2v) is 5.60. The molecular weight excluding hydrogens is 302 g/mol. The van der Waals surface area contributed by atoms with Crippen molar-refractivity contribution in [3.63, 3.8) is 0 Å². The van der Waals surface area contributed by atoms with Gasteiger partial charge in [0, 0.05) is 17.1 Å². The molecule has 2 aromatic rings. The highest BCUT2D eigenvalue weighted by Crippen LogP contribution is 2.33. The summed E-state index contributed by atoms with van der Waals surface area (Å²) in [4.78, 5) is 13.8. The summed E-state index contributed by atoms with van der Waals surface area (Å²) >= 11 is 6.03. The highest BCUT2D eigenvalue weighted by atomic mass is 35.5. The van der Waals surface area contributed by atoms with Gasteiger partial charge in [-0.3, -0.25) is 4.79 Å². The standard InChI is InChI=1S/C17H16ClNO3/c18-14-3-1-2-12(8-14)10-19-6-7-22-17-5-4-13(9-15(17)19)16(21)11-20/h1-5,8-9,20H,6-7,10-11H2. The molecule has 0 fully saturated rings. The highest BCUT2D eigenvalue weighted by Gasteiger charge is 2.20. The zero-order valence-corrected chi connectivity index (χ0v) is 12.7. The number of carbonyl (C=O) groups is 1. The Bertz CT molecular complexity index is 702. The second kappa shape index (κ2) is 6.38. The van der Waals surface area contributed by atoms with Crippen LogP contribution in [0.25, 0.3) is 0 Å². The zero-order valence-electron chi connectivity index (χ0n) is 12.0. The van der Waals surface area contributed by atoms with Gasteiger partial charge in [-0.25, -0.2) is 0 Å². The van der Waals surface area contributed by atoms with E-state index in [9.17, 15) is 4.79 Å². The van der Waals surface area contributed by atoms with Crippen LogP contribution in [0.4, 0.5) is 5.69 Å². The summed E-state index contributed by atoms with van der Waals surface area (Å²) in [5.41, 5.74) is 2.45. The number of aliphatic hydroxyl groups is 1. The summed E-state index contributed by atoms with van der Waals surface area (Å²) in [7, 11) is 0. The molecule has 0 bridgehead atoms. The smallest absolute Gasteiger partial charge is 0.188 e. The normalized spacial score (nSPS) is 13.5. The zero-order chi connectivity index (χ0) is 15.5. The van der Waals surface area contributed by atoms with Crippen molar-refractivity contribution in [2.75, 3.05) is 24.7 Å². The fraction of sp³-hybridized carbons (Fsp3) is 0.235. The quantitative estimate of drug-likeness (QED) is 0.881. The van der Waals surface area contributed by atoms with Crippen LogP contribution in [0.5, 0.6) is 5.75 Å². The van der Waals surface area contributed by atoms with Crippen LogP contribution in [0.15, 0.2) is 42.5 Å². The van der Waals surface area contributed by atoms with E-state index in [1.165, 1.54) is 0 Å².